The summed E-state index contributed by atoms with van der Waals surface area (Å²) in [4.78, 5) is 0. The van der Waals surface area contributed by atoms with Gasteiger partial charge in [-0.05, 0) is 79.5 Å². The molecule has 0 spiro atoms. The van der Waals surface area contributed by atoms with Crippen molar-refractivity contribution in [1.82, 2.24) is 0 Å². The van der Waals surface area contributed by atoms with Gasteiger partial charge in [-0.15, -0.1) is 13.2 Å². The molecule has 0 unspecified atom stereocenters. The molecule has 1 saturated carbocycles. The van der Waals surface area contributed by atoms with Gasteiger partial charge in [-0.25, -0.2) is 4.39 Å². The number of rotatable bonds is 14. The van der Waals surface area contributed by atoms with Crippen LogP contribution in [0.1, 0.15) is 107 Å². The number of benzene rings is 2. The van der Waals surface area contributed by atoms with Gasteiger partial charge >= 0.3 is 12.5 Å². The Morgan fingerprint density at radius 2 is 1.26 bits per heavy atom. The van der Waals surface area contributed by atoms with E-state index in [9.17, 15) is 26.3 Å². The fourth-order valence-corrected chi connectivity index (χ4v) is 5.29. The molecule has 0 saturated heterocycles. The van der Waals surface area contributed by atoms with Crippen LogP contribution in [0.3, 0.4) is 0 Å². The van der Waals surface area contributed by atoms with Crippen LogP contribution in [0.2, 0.25) is 0 Å². The fourth-order valence-electron chi connectivity index (χ4n) is 5.29. The first-order valence-corrected chi connectivity index (χ1v) is 13.8. The average Bonchev–Trinajstić information content (AvgIpc) is 2.86. The zero-order chi connectivity index (χ0) is 27.6. The van der Waals surface area contributed by atoms with Crippen LogP contribution in [-0.4, -0.2) is 6.36 Å². The first-order chi connectivity index (χ1) is 18.1. The first kappa shape index (κ1) is 30.2. The molecule has 2 aromatic carbocycles. The van der Waals surface area contributed by atoms with E-state index in [4.69, 9.17) is 0 Å². The third-order valence-corrected chi connectivity index (χ3v) is 7.39. The summed E-state index contributed by atoms with van der Waals surface area (Å²) in [5, 5.41) is 0. The third kappa shape index (κ3) is 9.73. The molecule has 0 heterocycles. The summed E-state index contributed by atoms with van der Waals surface area (Å²) < 4.78 is 89.2. The highest BCUT2D eigenvalue weighted by molar-refractivity contribution is 5.34. The molecule has 0 N–H and O–H groups in total. The summed E-state index contributed by atoms with van der Waals surface area (Å²) in [6.45, 7) is 2.23. The highest BCUT2D eigenvalue weighted by atomic mass is 19.4. The van der Waals surface area contributed by atoms with Crippen molar-refractivity contribution >= 4 is 0 Å². The highest BCUT2D eigenvalue weighted by Crippen LogP contribution is 2.40. The molecular formula is C30H38F6O2. The molecule has 38 heavy (non-hydrogen) atoms. The zero-order valence-corrected chi connectivity index (χ0v) is 22.0. The van der Waals surface area contributed by atoms with Crippen LogP contribution >= 0.6 is 0 Å². The zero-order valence-electron chi connectivity index (χ0n) is 22.0. The second-order valence-corrected chi connectivity index (χ2v) is 10.4. The van der Waals surface area contributed by atoms with E-state index in [0.29, 0.717) is 11.5 Å². The molecule has 0 aliphatic heterocycles. The summed E-state index contributed by atoms with van der Waals surface area (Å²) in [7, 11) is 0. The Morgan fingerprint density at radius 3 is 1.82 bits per heavy atom. The Labute approximate surface area is 221 Å². The van der Waals surface area contributed by atoms with Crippen LogP contribution in [-0.2, 0) is 6.11 Å². The number of halogens is 6. The number of ether oxygens (including phenoxy) is 2. The quantitative estimate of drug-likeness (QED) is 0.174. The summed E-state index contributed by atoms with van der Waals surface area (Å²) in [6.07, 6.45) is 6.71. The normalized spacial score (nSPS) is 18.4. The Bertz CT molecular complexity index is 966. The lowest BCUT2D eigenvalue weighted by Gasteiger charge is -2.29. The van der Waals surface area contributed by atoms with E-state index in [1.807, 2.05) is 0 Å². The minimum Gasteiger partial charge on any atom is -0.429 e. The van der Waals surface area contributed by atoms with Gasteiger partial charge in [-0.3, -0.25) is 0 Å². The predicted molar refractivity (Wildman–Crippen MR) is 136 cm³/mol. The molecule has 0 radical (unpaired) electrons. The van der Waals surface area contributed by atoms with Crippen LogP contribution < -0.4 is 9.47 Å². The van der Waals surface area contributed by atoms with Crippen LogP contribution in [0.15, 0.2) is 42.5 Å². The maximum absolute atomic E-state index is 14.8. The molecule has 1 aliphatic carbocycles. The Kier molecular flexibility index (Phi) is 11.2. The smallest absolute Gasteiger partial charge is 0.429 e. The summed E-state index contributed by atoms with van der Waals surface area (Å²) >= 11 is 0. The van der Waals surface area contributed by atoms with Crippen molar-refractivity contribution < 1.29 is 35.8 Å². The van der Waals surface area contributed by atoms with Crippen molar-refractivity contribution in [2.75, 3.05) is 0 Å². The van der Waals surface area contributed by atoms with Crippen molar-refractivity contribution in [3.05, 3.63) is 59.4 Å². The van der Waals surface area contributed by atoms with Crippen molar-refractivity contribution in [2.45, 2.75) is 109 Å². The largest absolute Gasteiger partial charge is 0.573 e. The topological polar surface area (TPSA) is 18.5 Å². The van der Waals surface area contributed by atoms with Crippen molar-refractivity contribution in [2.24, 2.45) is 5.92 Å². The van der Waals surface area contributed by atoms with Crippen molar-refractivity contribution in [3.63, 3.8) is 0 Å². The maximum Gasteiger partial charge on any atom is 0.573 e. The van der Waals surface area contributed by atoms with Gasteiger partial charge in [-0.2, -0.15) is 8.78 Å². The van der Waals surface area contributed by atoms with Crippen LogP contribution in [0.5, 0.6) is 11.5 Å². The first-order valence-electron chi connectivity index (χ1n) is 13.8. The van der Waals surface area contributed by atoms with Gasteiger partial charge < -0.3 is 9.47 Å². The average molecular weight is 545 g/mol. The van der Waals surface area contributed by atoms with Gasteiger partial charge in [0.25, 0.3) is 0 Å². The molecule has 0 bridgehead atoms. The standard InChI is InChI=1S/C30H38F6O2/c1-2-3-4-5-6-7-8-9-10-22-11-13-23(14-12-22)24-15-20-27(28(31)21-24)29(32,33)37-25-16-18-26(19-17-25)38-30(34,35)36/h15-23H,2-14H2,1H3. The van der Waals surface area contributed by atoms with E-state index in [2.05, 4.69) is 16.4 Å². The van der Waals surface area contributed by atoms with E-state index in [1.54, 1.807) is 0 Å². The molecular weight excluding hydrogens is 506 g/mol. The number of unbranched alkanes of at least 4 members (excludes halogenated alkanes) is 7. The van der Waals surface area contributed by atoms with Gasteiger partial charge in [0.1, 0.15) is 17.3 Å². The van der Waals surface area contributed by atoms with Gasteiger partial charge in [-0.1, -0.05) is 70.8 Å². The van der Waals surface area contributed by atoms with Crippen molar-refractivity contribution in [1.29, 1.82) is 0 Å². The van der Waals surface area contributed by atoms with Crippen LogP contribution in [0.4, 0.5) is 26.3 Å². The lowest BCUT2D eigenvalue weighted by Crippen LogP contribution is -2.24. The molecule has 2 aromatic rings. The fraction of sp³-hybridized carbons (Fsp3) is 0.600. The minimum atomic E-state index is -4.90. The van der Waals surface area contributed by atoms with Gasteiger partial charge in [0, 0.05) is 0 Å². The lowest BCUT2D eigenvalue weighted by atomic mass is 9.77. The monoisotopic (exact) mass is 544 g/mol. The minimum absolute atomic E-state index is 0.143. The third-order valence-electron chi connectivity index (χ3n) is 7.39. The SMILES string of the molecule is CCCCCCCCCCC1CCC(c2ccc(C(F)(F)Oc3ccc(OC(F)(F)F)cc3)c(F)c2)CC1. The van der Waals surface area contributed by atoms with E-state index in [1.165, 1.54) is 63.9 Å². The Hall–Kier alpha value is -2.38. The molecule has 1 fully saturated rings. The Morgan fingerprint density at radius 1 is 0.711 bits per heavy atom. The molecule has 0 atom stereocenters. The van der Waals surface area contributed by atoms with Gasteiger partial charge in [0.05, 0.1) is 5.56 Å². The molecule has 3 rings (SSSR count). The second kappa shape index (κ2) is 14.1. The van der Waals surface area contributed by atoms with Crippen molar-refractivity contribution in [3.8, 4) is 11.5 Å². The molecule has 2 nitrogen and oxygen atoms in total. The van der Waals surface area contributed by atoms with E-state index in [-0.39, 0.29) is 5.92 Å². The highest BCUT2D eigenvalue weighted by Gasteiger charge is 2.38. The molecule has 1 aliphatic rings. The van der Waals surface area contributed by atoms with E-state index < -0.39 is 35.4 Å². The number of alkyl halides is 5. The summed E-state index contributed by atoms with van der Waals surface area (Å²) in [5.74, 6) is -1.23. The van der Waals surface area contributed by atoms with Crippen LogP contribution in [0, 0.1) is 11.7 Å². The predicted octanol–water partition coefficient (Wildman–Crippen LogP) is 10.7. The van der Waals surface area contributed by atoms with E-state index in [0.717, 1.165) is 62.1 Å². The van der Waals surface area contributed by atoms with E-state index >= 15 is 0 Å². The molecule has 0 aromatic heterocycles. The van der Waals surface area contributed by atoms with Crippen LogP contribution in [0.25, 0.3) is 0 Å². The number of hydrogen-bond acceptors (Lipinski definition) is 2. The maximum atomic E-state index is 14.8. The summed E-state index contributed by atoms with van der Waals surface area (Å²) in [6, 6.07) is 7.25. The Balaban J connectivity index is 1.46. The molecule has 8 heteroatoms. The number of hydrogen-bond donors (Lipinski definition) is 0. The van der Waals surface area contributed by atoms with Gasteiger partial charge in [0.2, 0.25) is 0 Å². The molecule has 212 valence electrons. The molecule has 0 amide bonds. The van der Waals surface area contributed by atoms with Gasteiger partial charge in [0.15, 0.2) is 0 Å². The summed E-state index contributed by atoms with van der Waals surface area (Å²) in [5.41, 5.74) is -0.207. The second-order valence-electron chi connectivity index (χ2n) is 10.4. The lowest BCUT2D eigenvalue weighted by molar-refractivity contribution is -0.274.